The third-order valence-corrected chi connectivity index (χ3v) is 5.25. The summed E-state index contributed by atoms with van der Waals surface area (Å²) in [4.78, 5) is 0.151. The lowest BCUT2D eigenvalue weighted by atomic mass is 10.0. The molecule has 10 heteroatoms. The number of hydrogen-bond donors (Lipinski definition) is 1. The van der Waals surface area contributed by atoms with Crippen molar-refractivity contribution in [3.63, 3.8) is 0 Å². The number of halogens is 4. The molecule has 1 unspecified atom stereocenters. The molecule has 168 valence electrons. The highest BCUT2D eigenvalue weighted by molar-refractivity contribution is 7.80. The number of thiocarbonyl (C=S) groups is 1. The SMILES string of the molecule is CCCOc1c2ccc(Cl)cc2nn1CC(C)(C#N)NC(=S)c1ccc(C(F)(F)F)cc1. The molecular formula is C22H20ClF3N4OS. The number of nitrogens with zero attached hydrogens (tertiary/aromatic N) is 3. The summed E-state index contributed by atoms with van der Waals surface area (Å²) in [6.45, 7) is 4.15. The van der Waals surface area contributed by atoms with Crippen LogP contribution in [0, 0.1) is 11.3 Å². The van der Waals surface area contributed by atoms with E-state index in [9.17, 15) is 18.4 Å². The number of aromatic nitrogens is 2. The highest BCUT2D eigenvalue weighted by Gasteiger charge is 2.31. The Bertz CT molecular complexity index is 1170. The fraction of sp³-hybridized carbons (Fsp3) is 0.318. The molecule has 0 aliphatic rings. The van der Waals surface area contributed by atoms with Gasteiger partial charge in [0, 0.05) is 10.6 Å². The molecule has 0 amide bonds. The lowest BCUT2D eigenvalue weighted by Gasteiger charge is -2.25. The fourth-order valence-electron chi connectivity index (χ4n) is 3.08. The van der Waals surface area contributed by atoms with Crippen LogP contribution < -0.4 is 10.1 Å². The molecule has 32 heavy (non-hydrogen) atoms. The zero-order chi connectivity index (χ0) is 23.5. The molecule has 0 aliphatic carbocycles. The highest BCUT2D eigenvalue weighted by atomic mass is 35.5. The lowest BCUT2D eigenvalue weighted by molar-refractivity contribution is -0.137. The van der Waals surface area contributed by atoms with Gasteiger partial charge in [-0.3, -0.25) is 0 Å². The summed E-state index contributed by atoms with van der Waals surface area (Å²) in [5.41, 5.74) is -0.995. The third-order valence-electron chi connectivity index (χ3n) is 4.67. The van der Waals surface area contributed by atoms with E-state index in [4.69, 9.17) is 28.6 Å². The van der Waals surface area contributed by atoms with E-state index in [0.717, 1.165) is 23.9 Å². The van der Waals surface area contributed by atoms with Gasteiger partial charge in [-0.05, 0) is 43.7 Å². The number of benzene rings is 2. The van der Waals surface area contributed by atoms with Gasteiger partial charge in [0.05, 0.1) is 35.7 Å². The number of hydrogen-bond acceptors (Lipinski definition) is 4. The van der Waals surface area contributed by atoms with Crippen molar-refractivity contribution in [3.05, 3.63) is 58.6 Å². The first-order valence-corrected chi connectivity index (χ1v) is 10.5. The van der Waals surface area contributed by atoms with Crippen molar-refractivity contribution in [2.75, 3.05) is 6.61 Å². The van der Waals surface area contributed by atoms with Gasteiger partial charge in [-0.25, -0.2) is 4.68 Å². The van der Waals surface area contributed by atoms with E-state index in [1.807, 2.05) is 6.92 Å². The first kappa shape index (κ1) is 23.8. The summed E-state index contributed by atoms with van der Waals surface area (Å²) in [6, 6.07) is 11.9. The normalized spacial score (nSPS) is 13.4. The van der Waals surface area contributed by atoms with Crippen molar-refractivity contribution < 1.29 is 17.9 Å². The van der Waals surface area contributed by atoms with Crippen LogP contribution in [0.2, 0.25) is 5.02 Å². The standard InChI is InChI=1S/C22H20ClF3N4OS/c1-3-10-31-20-17-9-8-16(23)11-18(17)29-30(20)13-21(2,12-27)28-19(32)14-4-6-15(7-5-14)22(24,25)26/h4-9,11H,3,10,13H2,1-2H3,(H,28,32). The van der Waals surface area contributed by atoms with E-state index in [2.05, 4.69) is 16.5 Å². The minimum absolute atomic E-state index is 0.0790. The molecule has 1 atom stereocenters. The summed E-state index contributed by atoms with van der Waals surface area (Å²) in [5, 5.41) is 18.6. The van der Waals surface area contributed by atoms with Gasteiger partial charge in [0.1, 0.15) is 10.5 Å². The predicted molar refractivity (Wildman–Crippen MR) is 121 cm³/mol. The average Bonchev–Trinajstić information content (AvgIpc) is 3.07. The maximum absolute atomic E-state index is 12.8. The van der Waals surface area contributed by atoms with Gasteiger partial charge in [-0.15, -0.1) is 0 Å². The topological polar surface area (TPSA) is 62.9 Å². The predicted octanol–water partition coefficient (Wildman–Crippen LogP) is 5.74. The van der Waals surface area contributed by atoms with Gasteiger partial charge >= 0.3 is 6.18 Å². The molecule has 0 fully saturated rings. The van der Waals surface area contributed by atoms with Crippen LogP contribution in [-0.2, 0) is 12.7 Å². The number of ether oxygens (including phenoxy) is 1. The summed E-state index contributed by atoms with van der Waals surface area (Å²) >= 11 is 11.4. The third kappa shape index (κ3) is 5.31. The highest BCUT2D eigenvalue weighted by Crippen LogP contribution is 2.30. The number of nitrogens with one attached hydrogen (secondary N) is 1. The molecular weight excluding hydrogens is 461 g/mol. The van der Waals surface area contributed by atoms with Gasteiger partial charge in [-0.1, -0.05) is 42.9 Å². The summed E-state index contributed by atoms with van der Waals surface area (Å²) in [5.74, 6) is 0.502. The van der Waals surface area contributed by atoms with Gasteiger partial charge in [0.2, 0.25) is 5.88 Å². The Hall–Kier alpha value is -2.83. The van der Waals surface area contributed by atoms with Crippen LogP contribution in [0.15, 0.2) is 42.5 Å². The summed E-state index contributed by atoms with van der Waals surface area (Å²) in [7, 11) is 0. The van der Waals surface area contributed by atoms with Crippen molar-refractivity contribution in [3.8, 4) is 11.9 Å². The second-order valence-corrected chi connectivity index (χ2v) is 8.29. The van der Waals surface area contributed by atoms with Crippen LogP contribution in [0.1, 0.15) is 31.4 Å². The van der Waals surface area contributed by atoms with Gasteiger partial charge in [0.15, 0.2) is 0 Å². The Balaban J connectivity index is 1.87. The Morgan fingerprint density at radius 1 is 1.25 bits per heavy atom. The molecule has 1 N–H and O–H groups in total. The molecule has 0 bridgehead atoms. The molecule has 1 aromatic heterocycles. The second kappa shape index (κ2) is 9.35. The number of fused-ring (bicyclic) bond motifs is 1. The summed E-state index contributed by atoms with van der Waals surface area (Å²) in [6.07, 6.45) is -3.65. The smallest absolute Gasteiger partial charge is 0.416 e. The van der Waals surface area contributed by atoms with Crippen LogP contribution in [0.25, 0.3) is 10.9 Å². The minimum atomic E-state index is -4.44. The molecule has 3 aromatic rings. The van der Waals surface area contributed by atoms with Crippen molar-refractivity contribution in [1.29, 1.82) is 5.26 Å². The molecule has 1 heterocycles. The lowest BCUT2D eigenvalue weighted by Crippen LogP contribution is -2.47. The monoisotopic (exact) mass is 480 g/mol. The van der Waals surface area contributed by atoms with E-state index < -0.39 is 17.3 Å². The van der Waals surface area contributed by atoms with Crippen molar-refractivity contribution in [2.45, 2.75) is 38.5 Å². The summed E-state index contributed by atoms with van der Waals surface area (Å²) < 4.78 is 45.9. The molecule has 0 spiro atoms. The number of rotatable bonds is 7. The van der Waals surface area contributed by atoms with Crippen molar-refractivity contribution in [2.24, 2.45) is 0 Å². The average molecular weight is 481 g/mol. The van der Waals surface area contributed by atoms with Gasteiger partial charge in [-0.2, -0.15) is 23.5 Å². The Labute approximate surface area is 193 Å². The van der Waals surface area contributed by atoms with Crippen LogP contribution in [0.3, 0.4) is 0 Å². The molecule has 5 nitrogen and oxygen atoms in total. The number of nitriles is 1. The Morgan fingerprint density at radius 2 is 1.94 bits per heavy atom. The fourth-order valence-corrected chi connectivity index (χ4v) is 3.60. The maximum Gasteiger partial charge on any atom is 0.416 e. The largest absolute Gasteiger partial charge is 0.477 e. The zero-order valence-electron chi connectivity index (χ0n) is 17.3. The van der Waals surface area contributed by atoms with Crippen LogP contribution in [0.5, 0.6) is 5.88 Å². The van der Waals surface area contributed by atoms with Gasteiger partial charge in [0.25, 0.3) is 0 Å². The first-order valence-electron chi connectivity index (χ1n) is 9.76. The van der Waals surface area contributed by atoms with Gasteiger partial charge < -0.3 is 10.1 Å². The molecule has 3 rings (SSSR count). The van der Waals surface area contributed by atoms with E-state index in [-0.39, 0.29) is 11.5 Å². The molecule has 0 radical (unpaired) electrons. The molecule has 2 aromatic carbocycles. The zero-order valence-corrected chi connectivity index (χ0v) is 18.9. The van der Waals surface area contributed by atoms with E-state index in [1.54, 1.807) is 29.8 Å². The second-order valence-electron chi connectivity index (χ2n) is 7.45. The van der Waals surface area contributed by atoms with Crippen LogP contribution >= 0.6 is 23.8 Å². The van der Waals surface area contributed by atoms with Crippen molar-refractivity contribution >= 4 is 39.7 Å². The van der Waals surface area contributed by atoms with E-state index in [0.29, 0.717) is 28.6 Å². The van der Waals surface area contributed by atoms with E-state index in [1.165, 1.54) is 12.1 Å². The van der Waals surface area contributed by atoms with Crippen LogP contribution in [-0.4, -0.2) is 26.9 Å². The Morgan fingerprint density at radius 3 is 2.53 bits per heavy atom. The molecule has 0 aliphatic heterocycles. The molecule has 0 saturated heterocycles. The Kier molecular flexibility index (Phi) is 6.96. The quantitative estimate of drug-likeness (QED) is 0.436. The van der Waals surface area contributed by atoms with Crippen LogP contribution in [0.4, 0.5) is 13.2 Å². The minimum Gasteiger partial charge on any atom is -0.477 e. The molecule has 0 saturated carbocycles. The number of alkyl halides is 3. The maximum atomic E-state index is 12.8. The van der Waals surface area contributed by atoms with E-state index >= 15 is 0 Å². The van der Waals surface area contributed by atoms with Crippen molar-refractivity contribution in [1.82, 2.24) is 15.1 Å². The first-order chi connectivity index (χ1) is 15.1.